The van der Waals surface area contributed by atoms with Gasteiger partial charge in [-0.15, -0.1) is 11.3 Å². The van der Waals surface area contributed by atoms with Crippen LogP contribution in [0.5, 0.6) is 5.75 Å². The van der Waals surface area contributed by atoms with Crippen LogP contribution in [-0.2, 0) is 0 Å². The van der Waals surface area contributed by atoms with Crippen molar-refractivity contribution < 1.29 is 9.53 Å². The van der Waals surface area contributed by atoms with Crippen molar-refractivity contribution in [1.29, 1.82) is 0 Å². The minimum absolute atomic E-state index is 0.162. The first-order valence-corrected chi connectivity index (χ1v) is 9.73. The molecule has 1 amide bonds. The number of rotatable bonds is 5. The monoisotopic (exact) mass is 389 g/mol. The predicted molar refractivity (Wildman–Crippen MR) is 111 cm³/mol. The summed E-state index contributed by atoms with van der Waals surface area (Å²) < 4.78 is 5.29. The van der Waals surface area contributed by atoms with E-state index in [0.29, 0.717) is 11.3 Å². The molecule has 3 aromatic heterocycles. The lowest BCUT2D eigenvalue weighted by atomic mass is 10.0. The number of aryl methyl sites for hydroxylation is 1. The van der Waals surface area contributed by atoms with Gasteiger partial charge in [0.25, 0.3) is 5.91 Å². The zero-order valence-corrected chi connectivity index (χ0v) is 16.4. The van der Waals surface area contributed by atoms with E-state index in [9.17, 15) is 4.79 Å². The van der Waals surface area contributed by atoms with Crippen LogP contribution in [0.15, 0.2) is 66.3 Å². The fourth-order valence-corrected chi connectivity index (χ4v) is 3.95. The van der Waals surface area contributed by atoms with Crippen LogP contribution in [0.1, 0.15) is 32.5 Å². The Bertz CT molecular complexity index is 1110. The van der Waals surface area contributed by atoms with Crippen LogP contribution < -0.4 is 10.1 Å². The molecule has 28 heavy (non-hydrogen) atoms. The number of fused-ring (bicyclic) bond motifs is 1. The van der Waals surface area contributed by atoms with Crippen LogP contribution >= 0.6 is 11.3 Å². The van der Waals surface area contributed by atoms with E-state index in [4.69, 9.17) is 4.74 Å². The molecule has 6 heteroatoms. The highest BCUT2D eigenvalue weighted by molar-refractivity contribution is 7.10. The van der Waals surface area contributed by atoms with E-state index < -0.39 is 0 Å². The molecular formula is C22H19N3O2S. The third-order valence-electron chi connectivity index (χ3n) is 4.60. The van der Waals surface area contributed by atoms with Gasteiger partial charge < -0.3 is 10.1 Å². The highest BCUT2D eigenvalue weighted by atomic mass is 32.1. The van der Waals surface area contributed by atoms with Gasteiger partial charge in [0.15, 0.2) is 0 Å². The van der Waals surface area contributed by atoms with Crippen molar-refractivity contribution in [2.75, 3.05) is 7.11 Å². The quantitative estimate of drug-likeness (QED) is 0.545. The third kappa shape index (κ3) is 3.59. The van der Waals surface area contributed by atoms with Crippen molar-refractivity contribution in [3.63, 3.8) is 0 Å². The molecular weight excluding hydrogens is 370 g/mol. The van der Waals surface area contributed by atoms with Gasteiger partial charge in [-0.25, -0.2) is 0 Å². The van der Waals surface area contributed by atoms with E-state index in [1.807, 2.05) is 60.8 Å². The largest absolute Gasteiger partial charge is 0.497 e. The summed E-state index contributed by atoms with van der Waals surface area (Å²) in [4.78, 5) is 22.9. The highest BCUT2D eigenvalue weighted by Gasteiger charge is 2.20. The number of hydrogen-bond acceptors (Lipinski definition) is 5. The Morgan fingerprint density at radius 2 is 1.96 bits per heavy atom. The number of aromatic nitrogens is 2. The van der Waals surface area contributed by atoms with E-state index in [2.05, 4.69) is 15.3 Å². The van der Waals surface area contributed by atoms with Gasteiger partial charge in [0.2, 0.25) is 0 Å². The topological polar surface area (TPSA) is 64.1 Å². The summed E-state index contributed by atoms with van der Waals surface area (Å²) in [5, 5.41) is 6.03. The molecule has 0 aliphatic carbocycles. The van der Waals surface area contributed by atoms with Gasteiger partial charge in [0, 0.05) is 22.7 Å². The molecule has 0 unspecified atom stereocenters. The van der Waals surface area contributed by atoms with E-state index in [1.54, 1.807) is 30.8 Å². The Kier molecular flexibility index (Phi) is 5.04. The van der Waals surface area contributed by atoms with Gasteiger partial charge in [0.05, 0.1) is 29.9 Å². The van der Waals surface area contributed by atoms with E-state index in [0.717, 1.165) is 27.1 Å². The standard InChI is InChI=1S/C22H19N3O2S/c1-14-18(13-16-12-17(27-2)5-6-19(16)24-14)22(26)25-21(20-4-3-11-28-20)15-7-9-23-10-8-15/h3-13,21H,1-2H3,(H,25,26)/t21-/m1/s1. The van der Waals surface area contributed by atoms with Gasteiger partial charge in [-0.3, -0.25) is 14.8 Å². The van der Waals surface area contributed by atoms with Crippen LogP contribution in [0, 0.1) is 6.92 Å². The molecule has 0 saturated carbocycles. The van der Waals surface area contributed by atoms with Crippen molar-refractivity contribution >= 4 is 28.1 Å². The number of amides is 1. The second kappa shape index (κ2) is 7.78. The van der Waals surface area contributed by atoms with E-state index in [-0.39, 0.29) is 11.9 Å². The summed E-state index contributed by atoms with van der Waals surface area (Å²) in [6.45, 7) is 1.85. The van der Waals surface area contributed by atoms with Gasteiger partial charge >= 0.3 is 0 Å². The first-order valence-electron chi connectivity index (χ1n) is 8.85. The normalized spacial score (nSPS) is 11.9. The Hall–Kier alpha value is -3.25. The van der Waals surface area contributed by atoms with Gasteiger partial charge in [-0.1, -0.05) is 6.07 Å². The lowest BCUT2D eigenvalue weighted by Crippen LogP contribution is -2.29. The lowest BCUT2D eigenvalue weighted by molar-refractivity contribution is 0.0942. The molecule has 1 atom stereocenters. The number of nitrogens with one attached hydrogen (secondary N) is 1. The molecule has 0 saturated heterocycles. The number of benzene rings is 1. The number of pyridine rings is 2. The first-order chi connectivity index (χ1) is 13.7. The maximum absolute atomic E-state index is 13.1. The third-order valence-corrected chi connectivity index (χ3v) is 5.54. The van der Waals surface area contributed by atoms with E-state index >= 15 is 0 Å². The SMILES string of the molecule is COc1ccc2nc(C)c(C(=O)N[C@H](c3ccncc3)c3cccs3)cc2c1. The molecule has 4 rings (SSSR count). The number of carbonyl (C=O) groups is 1. The molecule has 0 spiro atoms. The smallest absolute Gasteiger partial charge is 0.253 e. The Morgan fingerprint density at radius 1 is 1.14 bits per heavy atom. The molecule has 1 aromatic carbocycles. The van der Waals surface area contributed by atoms with Gasteiger partial charge in [-0.2, -0.15) is 0 Å². The summed E-state index contributed by atoms with van der Waals surface area (Å²) >= 11 is 1.61. The minimum Gasteiger partial charge on any atom is -0.497 e. The predicted octanol–water partition coefficient (Wildman–Crippen LogP) is 4.53. The second-order valence-corrected chi connectivity index (χ2v) is 7.36. The molecule has 4 aromatic rings. The molecule has 5 nitrogen and oxygen atoms in total. The number of nitrogens with zero attached hydrogens (tertiary/aromatic N) is 2. The summed E-state index contributed by atoms with van der Waals surface area (Å²) in [7, 11) is 1.62. The summed E-state index contributed by atoms with van der Waals surface area (Å²) in [6, 6.07) is 15.1. The van der Waals surface area contributed by atoms with Crippen LogP contribution in [0.2, 0.25) is 0 Å². The van der Waals surface area contributed by atoms with Crippen LogP contribution in [0.25, 0.3) is 10.9 Å². The van der Waals surface area contributed by atoms with Crippen molar-refractivity contribution in [2.45, 2.75) is 13.0 Å². The Balaban J connectivity index is 1.70. The summed E-state index contributed by atoms with van der Waals surface area (Å²) in [5.41, 5.74) is 3.06. The molecule has 0 radical (unpaired) electrons. The van der Waals surface area contributed by atoms with Crippen LogP contribution in [0.3, 0.4) is 0 Å². The number of ether oxygens (including phenoxy) is 1. The average Bonchev–Trinajstić information content (AvgIpc) is 3.26. The lowest BCUT2D eigenvalue weighted by Gasteiger charge is -2.19. The molecule has 140 valence electrons. The summed E-state index contributed by atoms with van der Waals surface area (Å²) in [6.07, 6.45) is 3.47. The fourth-order valence-electron chi connectivity index (χ4n) is 3.15. The van der Waals surface area contributed by atoms with Crippen LogP contribution in [0.4, 0.5) is 0 Å². The molecule has 0 aliphatic heterocycles. The van der Waals surface area contributed by atoms with Crippen molar-refractivity contribution in [2.24, 2.45) is 0 Å². The van der Waals surface area contributed by atoms with Crippen molar-refractivity contribution in [1.82, 2.24) is 15.3 Å². The molecule has 3 heterocycles. The molecule has 0 bridgehead atoms. The number of carbonyl (C=O) groups excluding carboxylic acids is 1. The molecule has 0 fully saturated rings. The highest BCUT2D eigenvalue weighted by Crippen LogP contribution is 2.27. The minimum atomic E-state index is -0.240. The van der Waals surface area contributed by atoms with Crippen molar-refractivity contribution in [3.05, 3.63) is 88.0 Å². The zero-order chi connectivity index (χ0) is 19.5. The number of methoxy groups -OCH3 is 1. The summed E-state index contributed by atoms with van der Waals surface area (Å²) in [5.74, 6) is 0.572. The number of thiophene rings is 1. The Morgan fingerprint density at radius 3 is 2.68 bits per heavy atom. The number of hydrogen-bond donors (Lipinski definition) is 1. The van der Waals surface area contributed by atoms with Crippen molar-refractivity contribution in [3.8, 4) is 5.75 Å². The molecule has 0 aliphatic rings. The molecule has 1 N–H and O–H groups in total. The van der Waals surface area contributed by atoms with Gasteiger partial charge in [0.1, 0.15) is 5.75 Å². The maximum Gasteiger partial charge on any atom is 0.253 e. The maximum atomic E-state index is 13.1. The van der Waals surface area contributed by atoms with E-state index in [1.165, 1.54) is 0 Å². The average molecular weight is 389 g/mol. The fraction of sp³-hybridized carbons (Fsp3) is 0.136. The Labute approximate surface area is 167 Å². The van der Waals surface area contributed by atoms with Crippen LogP contribution in [-0.4, -0.2) is 23.0 Å². The zero-order valence-electron chi connectivity index (χ0n) is 15.5. The first kappa shape index (κ1) is 18.1. The second-order valence-electron chi connectivity index (χ2n) is 6.38. The van der Waals surface area contributed by atoms with Gasteiger partial charge in [-0.05, 0) is 60.3 Å².